The van der Waals surface area contributed by atoms with Gasteiger partial charge in [-0.1, -0.05) is 24.3 Å². The van der Waals surface area contributed by atoms with Gasteiger partial charge in [0.05, 0.1) is 6.54 Å². The lowest BCUT2D eigenvalue weighted by Crippen LogP contribution is -2.44. The first-order chi connectivity index (χ1) is 12.6. The molecule has 1 aromatic heterocycles. The molecule has 4 nitrogen and oxygen atoms in total. The average Bonchev–Trinajstić information content (AvgIpc) is 3.13. The molecule has 1 amide bonds. The van der Waals surface area contributed by atoms with Crippen molar-refractivity contribution in [3.8, 4) is 5.75 Å². The highest BCUT2D eigenvalue weighted by atomic mass is 32.1. The van der Waals surface area contributed by atoms with Gasteiger partial charge < -0.3 is 10.1 Å². The number of benzene rings is 1. The van der Waals surface area contributed by atoms with E-state index in [2.05, 4.69) is 53.7 Å². The highest BCUT2D eigenvalue weighted by Gasteiger charge is 2.22. The van der Waals surface area contributed by atoms with Crippen molar-refractivity contribution in [1.82, 2.24) is 10.2 Å². The predicted octanol–water partition coefficient (Wildman–Crippen LogP) is 3.57. The van der Waals surface area contributed by atoms with Crippen molar-refractivity contribution < 1.29 is 9.53 Å². The van der Waals surface area contributed by atoms with E-state index in [1.54, 1.807) is 11.3 Å². The van der Waals surface area contributed by atoms with Crippen LogP contribution in [0.2, 0.25) is 0 Å². The molecule has 0 saturated carbocycles. The molecule has 0 bridgehead atoms. The molecule has 0 spiro atoms. The van der Waals surface area contributed by atoms with Gasteiger partial charge in [-0.25, -0.2) is 0 Å². The van der Waals surface area contributed by atoms with Crippen LogP contribution in [-0.2, 0) is 11.2 Å². The number of hydrogen-bond donors (Lipinski definition) is 1. The largest absolute Gasteiger partial charge is 0.490 e. The second-order valence-electron chi connectivity index (χ2n) is 6.99. The molecule has 0 aliphatic carbocycles. The summed E-state index contributed by atoms with van der Waals surface area (Å²) < 4.78 is 6.25. The number of thiophene rings is 1. The fraction of sp³-hybridized carbons (Fsp3) is 0.476. The molecule has 1 aliphatic rings. The normalized spacial score (nSPS) is 15.8. The summed E-state index contributed by atoms with van der Waals surface area (Å²) in [7, 11) is 0. The van der Waals surface area contributed by atoms with E-state index < -0.39 is 0 Å². The van der Waals surface area contributed by atoms with E-state index in [9.17, 15) is 4.79 Å². The van der Waals surface area contributed by atoms with Crippen LogP contribution >= 0.6 is 11.3 Å². The van der Waals surface area contributed by atoms with Crippen LogP contribution in [0.25, 0.3) is 0 Å². The Morgan fingerprint density at radius 3 is 2.58 bits per heavy atom. The first-order valence-corrected chi connectivity index (χ1v) is 10.2. The molecular weight excluding hydrogens is 344 g/mol. The van der Waals surface area contributed by atoms with Crippen LogP contribution in [0.3, 0.4) is 0 Å². The van der Waals surface area contributed by atoms with Crippen LogP contribution in [0, 0.1) is 13.8 Å². The third kappa shape index (κ3) is 5.32. The molecule has 140 valence electrons. The number of carbonyl (C=O) groups excluding carboxylic acids is 1. The summed E-state index contributed by atoms with van der Waals surface area (Å²) in [4.78, 5) is 15.7. The summed E-state index contributed by atoms with van der Waals surface area (Å²) >= 11 is 1.74. The summed E-state index contributed by atoms with van der Waals surface area (Å²) in [6.45, 7) is 7.21. The maximum absolute atomic E-state index is 12.1. The van der Waals surface area contributed by atoms with Gasteiger partial charge >= 0.3 is 0 Å². The predicted molar refractivity (Wildman–Crippen MR) is 107 cm³/mol. The molecule has 2 heterocycles. The smallest absolute Gasteiger partial charge is 0.234 e. The zero-order valence-corrected chi connectivity index (χ0v) is 16.5. The van der Waals surface area contributed by atoms with Crippen LogP contribution in [-0.4, -0.2) is 43.1 Å². The molecule has 1 N–H and O–H groups in total. The number of piperidine rings is 1. The van der Waals surface area contributed by atoms with Gasteiger partial charge in [0.1, 0.15) is 11.9 Å². The molecule has 0 atom stereocenters. The van der Waals surface area contributed by atoms with E-state index in [-0.39, 0.29) is 12.0 Å². The SMILES string of the molecule is Cc1cccc(C)c1OC1CCN(CC(=O)NCCc2cccs2)CC1. The Morgan fingerprint density at radius 2 is 1.92 bits per heavy atom. The summed E-state index contributed by atoms with van der Waals surface area (Å²) in [6, 6.07) is 10.4. The van der Waals surface area contributed by atoms with E-state index in [4.69, 9.17) is 4.74 Å². The monoisotopic (exact) mass is 372 g/mol. The second kappa shape index (κ2) is 9.19. The Kier molecular flexibility index (Phi) is 6.69. The van der Waals surface area contributed by atoms with Gasteiger partial charge in [-0.05, 0) is 55.7 Å². The van der Waals surface area contributed by atoms with Gasteiger partial charge in [0.25, 0.3) is 0 Å². The lowest BCUT2D eigenvalue weighted by Gasteiger charge is -2.32. The van der Waals surface area contributed by atoms with Crippen molar-refractivity contribution in [2.45, 2.75) is 39.2 Å². The summed E-state index contributed by atoms with van der Waals surface area (Å²) in [6.07, 6.45) is 3.09. The standard InChI is InChI=1S/C21H28N2O2S/c1-16-5-3-6-17(2)21(16)25-18-9-12-23(13-10-18)15-20(24)22-11-8-19-7-4-14-26-19/h3-7,14,18H,8-13,15H2,1-2H3,(H,22,24). The van der Waals surface area contributed by atoms with Crippen molar-refractivity contribution in [3.63, 3.8) is 0 Å². The van der Waals surface area contributed by atoms with Gasteiger partial charge in [0, 0.05) is 24.5 Å². The molecule has 2 aromatic rings. The third-order valence-electron chi connectivity index (χ3n) is 4.87. The quantitative estimate of drug-likeness (QED) is 0.808. The van der Waals surface area contributed by atoms with Gasteiger partial charge in [-0.3, -0.25) is 9.69 Å². The number of amides is 1. The number of rotatable bonds is 7. The summed E-state index contributed by atoms with van der Waals surface area (Å²) in [5.41, 5.74) is 2.38. The van der Waals surface area contributed by atoms with Crippen molar-refractivity contribution in [3.05, 3.63) is 51.7 Å². The summed E-state index contributed by atoms with van der Waals surface area (Å²) in [5, 5.41) is 5.10. The maximum Gasteiger partial charge on any atom is 0.234 e. The minimum atomic E-state index is 0.121. The molecule has 0 unspecified atom stereocenters. The van der Waals surface area contributed by atoms with Gasteiger partial charge in [0.2, 0.25) is 5.91 Å². The van der Waals surface area contributed by atoms with Crippen molar-refractivity contribution >= 4 is 17.2 Å². The highest BCUT2D eigenvalue weighted by molar-refractivity contribution is 7.09. The van der Waals surface area contributed by atoms with Crippen LogP contribution in [0.4, 0.5) is 0 Å². The zero-order chi connectivity index (χ0) is 18.4. The number of aryl methyl sites for hydroxylation is 2. The van der Waals surface area contributed by atoms with Gasteiger partial charge in [-0.15, -0.1) is 11.3 Å². The number of para-hydroxylation sites is 1. The molecular formula is C21H28N2O2S. The minimum Gasteiger partial charge on any atom is -0.490 e. The number of likely N-dealkylation sites (tertiary alicyclic amines) is 1. The van der Waals surface area contributed by atoms with Crippen LogP contribution in [0.5, 0.6) is 5.75 Å². The van der Waals surface area contributed by atoms with Crippen molar-refractivity contribution in [2.75, 3.05) is 26.2 Å². The van der Waals surface area contributed by atoms with Gasteiger partial charge in [-0.2, -0.15) is 0 Å². The fourth-order valence-corrected chi connectivity index (χ4v) is 4.08. The molecule has 1 aromatic carbocycles. The topological polar surface area (TPSA) is 41.6 Å². The summed E-state index contributed by atoms with van der Waals surface area (Å²) in [5.74, 6) is 1.15. The number of nitrogens with zero attached hydrogens (tertiary/aromatic N) is 1. The second-order valence-corrected chi connectivity index (χ2v) is 8.03. The van der Waals surface area contributed by atoms with Crippen molar-refractivity contribution in [1.29, 1.82) is 0 Å². The molecule has 5 heteroatoms. The molecule has 1 saturated heterocycles. The van der Waals surface area contributed by atoms with Crippen LogP contribution in [0.1, 0.15) is 28.8 Å². The Labute approximate surface area is 160 Å². The number of hydrogen-bond acceptors (Lipinski definition) is 4. The van der Waals surface area contributed by atoms with Crippen LogP contribution < -0.4 is 10.1 Å². The Hall–Kier alpha value is -1.85. The number of carbonyl (C=O) groups is 1. The third-order valence-corrected chi connectivity index (χ3v) is 5.80. The molecule has 1 fully saturated rings. The molecule has 1 aliphatic heterocycles. The lowest BCUT2D eigenvalue weighted by atomic mass is 10.1. The Bertz CT molecular complexity index is 687. The lowest BCUT2D eigenvalue weighted by molar-refractivity contribution is -0.122. The highest BCUT2D eigenvalue weighted by Crippen LogP contribution is 2.26. The minimum absolute atomic E-state index is 0.121. The molecule has 0 radical (unpaired) electrons. The first kappa shape index (κ1) is 18.9. The average molecular weight is 373 g/mol. The molecule has 26 heavy (non-hydrogen) atoms. The van der Waals surface area contributed by atoms with E-state index in [0.29, 0.717) is 13.1 Å². The zero-order valence-electron chi connectivity index (χ0n) is 15.7. The van der Waals surface area contributed by atoms with Crippen LogP contribution in [0.15, 0.2) is 35.7 Å². The fourth-order valence-electron chi connectivity index (χ4n) is 3.38. The van der Waals surface area contributed by atoms with E-state index >= 15 is 0 Å². The van der Waals surface area contributed by atoms with E-state index in [1.807, 2.05) is 6.07 Å². The maximum atomic E-state index is 12.1. The number of nitrogens with one attached hydrogen (secondary N) is 1. The van der Waals surface area contributed by atoms with Gasteiger partial charge in [0.15, 0.2) is 0 Å². The van der Waals surface area contributed by atoms with E-state index in [1.165, 1.54) is 16.0 Å². The number of ether oxygens (including phenoxy) is 1. The van der Waals surface area contributed by atoms with E-state index in [0.717, 1.165) is 38.1 Å². The van der Waals surface area contributed by atoms with Crippen molar-refractivity contribution in [2.24, 2.45) is 0 Å². The molecule has 3 rings (SSSR count). The Morgan fingerprint density at radius 1 is 1.19 bits per heavy atom. The Balaban J connectivity index is 1.37. The first-order valence-electron chi connectivity index (χ1n) is 9.36.